The Morgan fingerprint density at radius 3 is 2.76 bits per heavy atom. The van der Waals surface area contributed by atoms with Crippen molar-refractivity contribution in [1.29, 1.82) is 0 Å². The van der Waals surface area contributed by atoms with Gasteiger partial charge in [0.25, 0.3) is 0 Å². The largest absolute Gasteiger partial charge is 0.489 e. The third kappa shape index (κ3) is 7.33. The number of likely N-dealkylation sites (N-methyl/N-ethyl adjacent to an activating group) is 1. The van der Waals surface area contributed by atoms with E-state index in [9.17, 15) is 4.39 Å². The highest BCUT2D eigenvalue weighted by molar-refractivity contribution is 14.0. The van der Waals surface area contributed by atoms with E-state index < -0.39 is 0 Å². The molecule has 2 aromatic rings. The molecular formula is C18H25FIN3O2. The molecule has 0 atom stereocenters. The Morgan fingerprint density at radius 2 is 2.08 bits per heavy atom. The van der Waals surface area contributed by atoms with E-state index in [1.807, 2.05) is 31.0 Å². The zero-order valence-electron chi connectivity index (χ0n) is 14.6. The maximum atomic E-state index is 13.5. The molecule has 25 heavy (non-hydrogen) atoms. The molecule has 0 fully saturated rings. The van der Waals surface area contributed by atoms with Crippen molar-refractivity contribution in [3.8, 4) is 5.75 Å². The van der Waals surface area contributed by atoms with Crippen molar-refractivity contribution in [3.05, 3.63) is 54.2 Å². The number of nitrogens with one attached hydrogen (secondary N) is 1. The predicted molar refractivity (Wildman–Crippen MR) is 108 cm³/mol. The van der Waals surface area contributed by atoms with Crippen molar-refractivity contribution < 1.29 is 13.5 Å². The van der Waals surface area contributed by atoms with Crippen LogP contribution in [0.1, 0.15) is 12.7 Å². The van der Waals surface area contributed by atoms with Crippen LogP contribution in [-0.4, -0.2) is 44.1 Å². The molecule has 138 valence electrons. The first kappa shape index (κ1) is 21.3. The molecule has 0 spiro atoms. The van der Waals surface area contributed by atoms with Crippen molar-refractivity contribution in [2.24, 2.45) is 4.99 Å². The minimum absolute atomic E-state index is 0. The van der Waals surface area contributed by atoms with Crippen LogP contribution >= 0.6 is 24.0 Å². The summed E-state index contributed by atoms with van der Waals surface area (Å²) in [5.41, 5.74) is 0. The molecule has 0 aliphatic heterocycles. The third-order valence-electron chi connectivity index (χ3n) is 3.42. The molecule has 0 bridgehead atoms. The summed E-state index contributed by atoms with van der Waals surface area (Å²) in [5.74, 6) is 1.63. The van der Waals surface area contributed by atoms with Gasteiger partial charge in [-0.25, -0.2) is 4.39 Å². The van der Waals surface area contributed by atoms with Gasteiger partial charge in [-0.2, -0.15) is 0 Å². The Hall–Kier alpha value is -1.77. The summed E-state index contributed by atoms with van der Waals surface area (Å²) in [4.78, 5) is 6.54. The molecule has 1 heterocycles. The van der Waals surface area contributed by atoms with Gasteiger partial charge in [-0.05, 0) is 31.2 Å². The van der Waals surface area contributed by atoms with E-state index in [0.29, 0.717) is 19.7 Å². The SMILES string of the molecule is CCNC(=NCCc1ccco1)N(C)CCOc1ccccc1F.I. The number of nitrogens with zero attached hydrogens (tertiary/aromatic N) is 2. The van der Waals surface area contributed by atoms with E-state index in [-0.39, 0.29) is 35.5 Å². The lowest BCUT2D eigenvalue weighted by atomic mass is 10.3. The molecule has 0 unspecified atom stereocenters. The van der Waals surface area contributed by atoms with Crippen LogP contribution in [0, 0.1) is 5.82 Å². The van der Waals surface area contributed by atoms with Crippen molar-refractivity contribution in [3.63, 3.8) is 0 Å². The maximum absolute atomic E-state index is 13.5. The molecule has 0 radical (unpaired) electrons. The molecule has 0 amide bonds. The summed E-state index contributed by atoms with van der Waals surface area (Å²) in [6.07, 6.45) is 2.41. The van der Waals surface area contributed by atoms with E-state index in [0.717, 1.165) is 24.7 Å². The fourth-order valence-electron chi connectivity index (χ4n) is 2.16. The first-order valence-corrected chi connectivity index (χ1v) is 8.10. The number of ether oxygens (including phenoxy) is 1. The van der Waals surface area contributed by atoms with E-state index in [2.05, 4.69) is 10.3 Å². The highest BCUT2D eigenvalue weighted by Crippen LogP contribution is 2.14. The molecular weight excluding hydrogens is 436 g/mol. The summed E-state index contributed by atoms with van der Waals surface area (Å²) in [5, 5.41) is 3.24. The van der Waals surface area contributed by atoms with E-state index in [1.54, 1.807) is 24.5 Å². The summed E-state index contributed by atoms with van der Waals surface area (Å²) in [6.45, 7) is 4.40. The van der Waals surface area contributed by atoms with Gasteiger partial charge in [0.1, 0.15) is 12.4 Å². The number of aliphatic imine (C=N–C) groups is 1. The van der Waals surface area contributed by atoms with Crippen LogP contribution in [0.5, 0.6) is 5.75 Å². The normalized spacial score (nSPS) is 10.9. The number of para-hydroxylation sites is 1. The average molecular weight is 461 g/mol. The van der Waals surface area contributed by atoms with E-state index >= 15 is 0 Å². The number of guanidine groups is 1. The summed E-state index contributed by atoms with van der Waals surface area (Å²) in [6, 6.07) is 10.2. The Kier molecular flexibility index (Phi) is 9.98. The minimum Gasteiger partial charge on any atom is -0.489 e. The van der Waals surface area contributed by atoms with Crippen LogP contribution in [0.3, 0.4) is 0 Å². The Bertz CT molecular complexity index is 635. The fourth-order valence-corrected chi connectivity index (χ4v) is 2.16. The number of rotatable bonds is 8. The quantitative estimate of drug-likeness (QED) is 0.371. The standard InChI is InChI=1S/C18H24FN3O2.HI/c1-3-20-18(21-11-10-15-7-6-13-23-15)22(2)12-14-24-17-9-5-4-8-16(17)19;/h4-9,13H,3,10-12,14H2,1-2H3,(H,20,21);1H. The lowest BCUT2D eigenvalue weighted by Gasteiger charge is -2.22. The third-order valence-corrected chi connectivity index (χ3v) is 3.42. The zero-order valence-corrected chi connectivity index (χ0v) is 16.9. The zero-order chi connectivity index (χ0) is 17.2. The molecule has 0 saturated carbocycles. The van der Waals surface area contributed by atoms with Gasteiger partial charge >= 0.3 is 0 Å². The monoisotopic (exact) mass is 461 g/mol. The molecule has 1 aromatic heterocycles. The van der Waals surface area contributed by atoms with Crippen molar-refractivity contribution in [2.45, 2.75) is 13.3 Å². The second kappa shape index (κ2) is 11.7. The first-order chi connectivity index (χ1) is 11.7. The topological polar surface area (TPSA) is 50.0 Å². The van der Waals surface area contributed by atoms with Crippen molar-refractivity contribution in [1.82, 2.24) is 10.2 Å². The minimum atomic E-state index is -0.348. The number of furan rings is 1. The molecule has 5 nitrogen and oxygen atoms in total. The summed E-state index contributed by atoms with van der Waals surface area (Å²) >= 11 is 0. The van der Waals surface area contributed by atoms with Crippen LogP contribution in [0.25, 0.3) is 0 Å². The van der Waals surface area contributed by atoms with Gasteiger partial charge in [0, 0.05) is 26.6 Å². The number of hydrogen-bond donors (Lipinski definition) is 1. The number of hydrogen-bond acceptors (Lipinski definition) is 3. The van der Waals surface area contributed by atoms with Crippen LogP contribution in [0.15, 0.2) is 52.1 Å². The highest BCUT2D eigenvalue weighted by Gasteiger charge is 2.07. The molecule has 1 N–H and O–H groups in total. The summed E-state index contributed by atoms with van der Waals surface area (Å²) in [7, 11) is 1.93. The van der Waals surface area contributed by atoms with Crippen LogP contribution in [0.4, 0.5) is 4.39 Å². The van der Waals surface area contributed by atoms with Gasteiger partial charge in [-0.15, -0.1) is 24.0 Å². The highest BCUT2D eigenvalue weighted by atomic mass is 127. The lowest BCUT2D eigenvalue weighted by Crippen LogP contribution is -2.41. The lowest BCUT2D eigenvalue weighted by molar-refractivity contribution is 0.270. The van der Waals surface area contributed by atoms with E-state index in [4.69, 9.17) is 9.15 Å². The van der Waals surface area contributed by atoms with Gasteiger partial charge in [-0.1, -0.05) is 12.1 Å². The average Bonchev–Trinajstić information content (AvgIpc) is 3.09. The Balaban J connectivity index is 0.00000312. The van der Waals surface area contributed by atoms with Crippen LogP contribution < -0.4 is 10.1 Å². The fraction of sp³-hybridized carbons (Fsp3) is 0.389. The van der Waals surface area contributed by atoms with Crippen LogP contribution in [0.2, 0.25) is 0 Å². The second-order valence-corrected chi connectivity index (χ2v) is 5.27. The smallest absolute Gasteiger partial charge is 0.193 e. The molecule has 0 aliphatic carbocycles. The van der Waals surface area contributed by atoms with Gasteiger partial charge in [-0.3, -0.25) is 4.99 Å². The molecule has 1 aromatic carbocycles. The maximum Gasteiger partial charge on any atom is 0.193 e. The molecule has 0 saturated heterocycles. The van der Waals surface area contributed by atoms with E-state index in [1.165, 1.54) is 6.07 Å². The van der Waals surface area contributed by atoms with Crippen molar-refractivity contribution >= 4 is 29.9 Å². The Labute approximate surface area is 165 Å². The van der Waals surface area contributed by atoms with Gasteiger partial charge in [0.15, 0.2) is 17.5 Å². The Morgan fingerprint density at radius 1 is 1.28 bits per heavy atom. The molecule has 7 heteroatoms. The number of benzene rings is 1. The van der Waals surface area contributed by atoms with Crippen LogP contribution in [-0.2, 0) is 6.42 Å². The first-order valence-electron chi connectivity index (χ1n) is 8.10. The number of halogens is 2. The predicted octanol–water partition coefficient (Wildman–Crippen LogP) is 3.56. The van der Waals surface area contributed by atoms with Crippen molar-refractivity contribution in [2.75, 3.05) is 33.3 Å². The second-order valence-electron chi connectivity index (χ2n) is 5.27. The van der Waals surface area contributed by atoms with Gasteiger partial charge in [0.2, 0.25) is 0 Å². The molecule has 0 aliphatic rings. The summed E-state index contributed by atoms with van der Waals surface area (Å²) < 4.78 is 24.3. The van der Waals surface area contributed by atoms with Gasteiger partial charge in [0.05, 0.1) is 12.8 Å². The van der Waals surface area contributed by atoms with Gasteiger partial charge < -0.3 is 19.4 Å². The molecule has 2 rings (SSSR count).